The van der Waals surface area contributed by atoms with E-state index in [0.29, 0.717) is 5.95 Å². The second-order valence-corrected chi connectivity index (χ2v) is 4.10. The van der Waals surface area contributed by atoms with Crippen LogP contribution in [-0.2, 0) is 7.05 Å². The maximum absolute atomic E-state index is 5.79. The molecule has 0 spiro atoms. The van der Waals surface area contributed by atoms with Crippen LogP contribution in [0.1, 0.15) is 0 Å². The molecule has 0 saturated heterocycles. The van der Waals surface area contributed by atoms with E-state index in [9.17, 15) is 0 Å². The number of nitrogens with zero attached hydrogens (tertiary/aromatic N) is 2. The Bertz CT molecular complexity index is 669. The van der Waals surface area contributed by atoms with Crippen molar-refractivity contribution in [3.05, 3.63) is 48.5 Å². The van der Waals surface area contributed by atoms with Crippen molar-refractivity contribution < 1.29 is 0 Å². The topological polar surface area (TPSA) is 43.8 Å². The molecular weight excluding hydrogens is 210 g/mol. The third-order valence-corrected chi connectivity index (χ3v) is 3.02. The smallest absolute Gasteiger partial charge is 0.200 e. The number of aromatic nitrogens is 2. The molecule has 84 valence electrons. The molecule has 0 aliphatic heterocycles. The summed E-state index contributed by atoms with van der Waals surface area (Å²) in [6.45, 7) is 0. The van der Waals surface area contributed by atoms with E-state index in [2.05, 4.69) is 29.2 Å². The minimum atomic E-state index is 0.546. The number of hydrogen-bond acceptors (Lipinski definition) is 2. The molecule has 3 heteroatoms. The number of anilines is 1. The number of nitrogens with two attached hydrogens (primary N) is 1. The first-order valence-electron chi connectivity index (χ1n) is 5.53. The lowest BCUT2D eigenvalue weighted by Crippen LogP contribution is -1.96. The van der Waals surface area contributed by atoms with Crippen LogP contribution in [0.2, 0.25) is 0 Å². The van der Waals surface area contributed by atoms with E-state index >= 15 is 0 Å². The Morgan fingerprint density at radius 3 is 2.53 bits per heavy atom. The van der Waals surface area contributed by atoms with Crippen LogP contribution in [0, 0.1) is 0 Å². The normalized spacial score (nSPS) is 10.9. The molecule has 0 bridgehead atoms. The van der Waals surface area contributed by atoms with Gasteiger partial charge >= 0.3 is 0 Å². The third-order valence-electron chi connectivity index (χ3n) is 3.02. The van der Waals surface area contributed by atoms with Gasteiger partial charge in [-0.25, -0.2) is 4.98 Å². The molecule has 2 aromatic carbocycles. The van der Waals surface area contributed by atoms with E-state index in [4.69, 9.17) is 5.73 Å². The van der Waals surface area contributed by atoms with Gasteiger partial charge in [-0.15, -0.1) is 0 Å². The monoisotopic (exact) mass is 223 g/mol. The summed E-state index contributed by atoms with van der Waals surface area (Å²) >= 11 is 0. The molecular formula is C14H13N3. The molecule has 3 rings (SSSR count). The van der Waals surface area contributed by atoms with Gasteiger partial charge in [0.05, 0.1) is 11.0 Å². The van der Waals surface area contributed by atoms with Gasteiger partial charge in [0.25, 0.3) is 0 Å². The summed E-state index contributed by atoms with van der Waals surface area (Å²) in [5.74, 6) is 0.546. The summed E-state index contributed by atoms with van der Waals surface area (Å²) in [6, 6.07) is 16.5. The molecule has 0 atom stereocenters. The zero-order chi connectivity index (χ0) is 11.8. The first kappa shape index (κ1) is 9.90. The zero-order valence-electron chi connectivity index (χ0n) is 9.59. The lowest BCUT2D eigenvalue weighted by atomic mass is 10.1. The van der Waals surface area contributed by atoms with Crippen molar-refractivity contribution in [2.75, 3.05) is 5.73 Å². The average molecular weight is 223 g/mol. The zero-order valence-corrected chi connectivity index (χ0v) is 9.59. The van der Waals surface area contributed by atoms with E-state index in [-0.39, 0.29) is 0 Å². The van der Waals surface area contributed by atoms with Gasteiger partial charge in [0, 0.05) is 7.05 Å². The highest BCUT2D eigenvalue weighted by molar-refractivity contribution is 5.84. The Morgan fingerprint density at radius 1 is 1.00 bits per heavy atom. The molecule has 1 aromatic heterocycles. The van der Waals surface area contributed by atoms with Gasteiger partial charge in [-0.1, -0.05) is 36.4 Å². The van der Waals surface area contributed by atoms with Crippen molar-refractivity contribution in [3.63, 3.8) is 0 Å². The molecule has 17 heavy (non-hydrogen) atoms. The van der Waals surface area contributed by atoms with Crippen LogP contribution in [0.5, 0.6) is 0 Å². The van der Waals surface area contributed by atoms with Gasteiger partial charge in [-0.3, -0.25) is 0 Å². The van der Waals surface area contributed by atoms with Gasteiger partial charge in [0.15, 0.2) is 0 Å². The Balaban J connectivity index is 2.23. The van der Waals surface area contributed by atoms with Crippen molar-refractivity contribution in [2.45, 2.75) is 0 Å². The Hall–Kier alpha value is -2.29. The number of imidazole rings is 1. The summed E-state index contributed by atoms with van der Waals surface area (Å²) in [7, 11) is 1.93. The molecule has 0 fully saturated rings. The summed E-state index contributed by atoms with van der Waals surface area (Å²) in [4.78, 5) is 4.29. The van der Waals surface area contributed by atoms with Gasteiger partial charge < -0.3 is 10.3 Å². The Morgan fingerprint density at radius 2 is 1.76 bits per heavy atom. The second kappa shape index (κ2) is 3.63. The molecule has 0 radical (unpaired) electrons. The van der Waals surface area contributed by atoms with E-state index < -0.39 is 0 Å². The van der Waals surface area contributed by atoms with Gasteiger partial charge in [-0.05, 0) is 23.3 Å². The van der Waals surface area contributed by atoms with Crippen molar-refractivity contribution in [1.29, 1.82) is 0 Å². The van der Waals surface area contributed by atoms with E-state index in [1.54, 1.807) is 0 Å². The summed E-state index contributed by atoms with van der Waals surface area (Å²) in [5.41, 5.74) is 10.2. The fourth-order valence-electron chi connectivity index (χ4n) is 2.02. The van der Waals surface area contributed by atoms with E-state index in [1.165, 1.54) is 11.1 Å². The molecule has 1 heterocycles. The lowest BCUT2D eigenvalue weighted by molar-refractivity contribution is 0.965. The second-order valence-electron chi connectivity index (χ2n) is 4.10. The minimum Gasteiger partial charge on any atom is -0.369 e. The number of rotatable bonds is 1. The van der Waals surface area contributed by atoms with Crippen LogP contribution in [0.15, 0.2) is 48.5 Å². The average Bonchev–Trinajstić information content (AvgIpc) is 2.66. The molecule has 0 unspecified atom stereocenters. The third kappa shape index (κ3) is 1.56. The van der Waals surface area contributed by atoms with Crippen LogP contribution in [0.3, 0.4) is 0 Å². The number of nitrogen functional groups attached to an aromatic ring is 1. The fraction of sp³-hybridized carbons (Fsp3) is 0.0714. The predicted molar refractivity (Wildman–Crippen MR) is 70.6 cm³/mol. The number of benzene rings is 2. The van der Waals surface area contributed by atoms with Crippen molar-refractivity contribution in [1.82, 2.24) is 9.55 Å². The van der Waals surface area contributed by atoms with Crippen LogP contribution >= 0.6 is 0 Å². The first-order valence-corrected chi connectivity index (χ1v) is 5.53. The predicted octanol–water partition coefficient (Wildman–Crippen LogP) is 2.82. The van der Waals surface area contributed by atoms with Crippen molar-refractivity contribution in [3.8, 4) is 11.1 Å². The van der Waals surface area contributed by atoms with Gasteiger partial charge in [0.1, 0.15) is 0 Å². The molecule has 0 aliphatic rings. The van der Waals surface area contributed by atoms with Crippen molar-refractivity contribution in [2.24, 2.45) is 7.05 Å². The molecule has 2 N–H and O–H groups in total. The van der Waals surface area contributed by atoms with Crippen LogP contribution in [0.25, 0.3) is 22.2 Å². The van der Waals surface area contributed by atoms with Crippen LogP contribution in [-0.4, -0.2) is 9.55 Å². The highest BCUT2D eigenvalue weighted by Crippen LogP contribution is 2.24. The number of fused-ring (bicyclic) bond motifs is 1. The maximum Gasteiger partial charge on any atom is 0.200 e. The molecule has 0 saturated carbocycles. The summed E-state index contributed by atoms with van der Waals surface area (Å²) in [6.07, 6.45) is 0. The van der Waals surface area contributed by atoms with Crippen LogP contribution in [0.4, 0.5) is 5.95 Å². The first-order chi connectivity index (χ1) is 8.25. The van der Waals surface area contributed by atoms with Gasteiger partial charge in [-0.2, -0.15) is 0 Å². The minimum absolute atomic E-state index is 0.546. The molecule has 3 aromatic rings. The highest BCUT2D eigenvalue weighted by atomic mass is 15.1. The highest BCUT2D eigenvalue weighted by Gasteiger charge is 2.06. The Labute approximate surface area is 99.5 Å². The standard InChI is InChI=1S/C14H13N3/c1-17-13-9-11(10-5-3-2-4-6-10)7-8-12(13)16-14(17)15/h2-9H,1H3,(H2,15,16). The Kier molecular flexibility index (Phi) is 2.11. The number of aryl methyl sites for hydroxylation is 1. The van der Waals surface area contributed by atoms with E-state index in [0.717, 1.165) is 11.0 Å². The van der Waals surface area contributed by atoms with Gasteiger partial charge in [0.2, 0.25) is 5.95 Å². The summed E-state index contributed by atoms with van der Waals surface area (Å²) < 4.78 is 1.90. The quantitative estimate of drug-likeness (QED) is 0.689. The fourth-order valence-corrected chi connectivity index (χ4v) is 2.02. The van der Waals surface area contributed by atoms with Crippen molar-refractivity contribution >= 4 is 17.0 Å². The SMILES string of the molecule is Cn1c(N)nc2ccc(-c3ccccc3)cc21. The summed E-state index contributed by atoms with van der Waals surface area (Å²) in [5, 5.41) is 0. The molecule has 0 amide bonds. The molecule has 0 aliphatic carbocycles. The lowest BCUT2D eigenvalue weighted by Gasteiger charge is -2.02. The van der Waals surface area contributed by atoms with E-state index in [1.807, 2.05) is 35.9 Å². The van der Waals surface area contributed by atoms with Crippen LogP contribution < -0.4 is 5.73 Å². The largest absolute Gasteiger partial charge is 0.369 e. The maximum atomic E-state index is 5.79. The number of hydrogen-bond donors (Lipinski definition) is 1. The molecule has 3 nitrogen and oxygen atoms in total.